The first-order valence-electron chi connectivity index (χ1n) is 9.99. The van der Waals surface area contributed by atoms with Gasteiger partial charge in [0.2, 0.25) is 5.13 Å². The van der Waals surface area contributed by atoms with Crippen molar-refractivity contribution < 1.29 is 27.1 Å². The van der Waals surface area contributed by atoms with E-state index in [1.807, 2.05) is 12.1 Å². The lowest BCUT2D eigenvalue weighted by Crippen LogP contribution is -2.18. The topological polar surface area (TPSA) is 26.3 Å². The minimum absolute atomic E-state index is 0.0769. The van der Waals surface area contributed by atoms with Crippen molar-refractivity contribution in [1.29, 1.82) is 0 Å². The molecule has 0 unspecified atom stereocenters. The lowest BCUT2D eigenvalue weighted by Gasteiger charge is -2.29. The second kappa shape index (κ2) is 9.74. The molecule has 1 aliphatic rings. The first kappa shape index (κ1) is 21.8. The average molecular weight is 428 g/mol. The van der Waals surface area contributed by atoms with Gasteiger partial charge in [0, 0.05) is 0 Å². The lowest BCUT2D eigenvalue weighted by molar-refractivity contribution is 0.0726. The summed E-state index contributed by atoms with van der Waals surface area (Å²) in [5, 5.41) is -2.14. The highest BCUT2D eigenvalue weighted by Gasteiger charge is 2.30. The molecule has 29 heavy (non-hydrogen) atoms. The Balaban J connectivity index is 1.76. The highest BCUT2D eigenvalue weighted by atomic mass is 32.1. The van der Waals surface area contributed by atoms with Crippen molar-refractivity contribution in [2.75, 3.05) is 0 Å². The summed E-state index contributed by atoms with van der Waals surface area (Å²) in [5.74, 6) is -1.64. The fourth-order valence-electron chi connectivity index (χ4n) is 4.07. The van der Waals surface area contributed by atoms with Crippen LogP contribution in [0.25, 0.3) is 0 Å². The molecule has 0 saturated heterocycles. The average Bonchev–Trinajstić information content (AvgIpc) is 3.00. The second-order valence-corrected chi connectivity index (χ2v) is 8.46. The summed E-state index contributed by atoms with van der Waals surface area (Å²) in [7, 11) is 0. The summed E-state index contributed by atoms with van der Waals surface area (Å²) >= 11 is 0.0769. The molecular formula is C22H24F4O2S. The summed E-state index contributed by atoms with van der Waals surface area (Å²) in [6.45, 7) is 2.18. The first-order valence-corrected chi connectivity index (χ1v) is 10.8. The molecule has 1 heterocycles. The quantitative estimate of drug-likeness (QED) is 0.334. The van der Waals surface area contributed by atoms with Crippen LogP contribution < -0.4 is 4.74 Å². The maximum absolute atomic E-state index is 13.6. The second-order valence-electron chi connectivity index (χ2n) is 7.53. The number of benzene rings is 1. The Hall–Kier alpha value is -1.89. The molecule has 0 atom stereocenters. The van der Waals surface area contributed by atoms with E-state index < -0.39 is 34.0 Å². The van der Waals surface area contributed by atoms with Crippen LogP contribution in [-0.2, 0) is 0 Å². The van der Waals surface area contributed by atoms with Gasteiger partial charge in [0.25, 0.3) is 6.43 Å². The van der Waals surface area contributed by atoms with E-state index >= 15 is 0 Å². The molecule has 1 aliphatic carbocycles. The van der Waals surface area contributed by atoms with Crippen molar-refractivity contribution in [3.63, 3.8) is 0 Å². The van der Waals surface area contributed by atoms with Crippen LogP contribution in [0.3, 0.4) is 0 Å². The number of rotatable bonds is 7. The van der Waals surface area contributed by atoms with Crippen LogP contribution in [0, 0.1) is 16.9 Å². The van der Waals surface area contributed by atoms with E-state index in [1.165, 1.54) is 19.3 Å². The molecule has 0 bridgehead atoms. The van der Waals surface area contributed by atoms with Crippen LogP contribution in [0.1, 0.15) is 85.7 Å². The number of carbonyl (C=O) groups excluding carboxylic acids is 1. The fourth-order valence-corrected chi connectivity index (χ4v) is 4.84. The Labute approximate surface area is 171 Å². The molecule has 0 spiro atoms. The summed E-state index contributed by atoms with van der Waals surface area (Å²) in [5.41, 5.74) is -0.128. The van der Waals surface area contributed by atoms with Crippen molar-refractivity contribution in [3.05, 3.63) is 51.9 Å². The Morgan fingerprint density at radius 3 is 2.52 bits per heavy atom. The predicted molar refractivity (Wildman–Crippen MR) is 105 cm³/mol. The molecule has 0 aliphatic heterocycles. The van der Waals surface area contributed by atoms with Gasteiger partial charge in [-0.15, -0.1) is 0 Å². The third kappa shape index (κ3) is 5.00. The van der Waals surface area contributed by atoms with Crippen molar-refractivity contribution in [1.82, 2.24) is 0 Å². The minimum atomic E-state index is -3.27. The number of ether oxygens (including phenoxy) is 1. The first-order chi connectivity index (χ1) is 13.9. The van der Waals surface area contributed by atoms with Crippen molar-refractivity contribution >= 4 is 17.3 Å². The third-order valence-electron chi connectivity index (χ3n) is 5.65. The zero-order valence-electron chi connectivity index (χ0n) is 16.2. The number of carbonyl (C=O) groups is 1. The Morgan fingerprint density at radius 2 is 1.86 bits per heavy atom. The van der Waals surface area contributed by atoms with Gasteiger partial charge < -0.3 is 4.74 Å². The van der Waals surface area contributed by atoms with Gasteiger partial charge in [-0.1, -0.05) is 55.7 Å². The molecule has 7 heteroatoms. The highest BCUT2D eigenvalue weighted by Crippen LogP contribution is 2.41. The lowest BCUT2D eigenvalue weighted by atomic mass is 9.76. The summed E-state index contributed by atoms with van der Waals surface area (Å²) in [6, 6.07) is 6.90. The largest absolute Gasteiger partial charge is 0.411 e. The summed E-state index contributed by atoms with van der Waals surface area (Å²) in [6.07, 6.45) is 4.42. The van der Waals surface area contributed by atoms with Gasteiger partial charge in [0.15, 0.2) is 10.9 Å². The molecular weight excluding hydrogens is 404 g/mol. The smallest absolute Gasteiger partial charge is 0.344 e. The maximum atomic E-state index is 13.6. The van der Waals surface area contributed by atoms with Crippen LogP contribution in [0.2, 0.25) is 0 Å². The number of halogens is 4. The number of hydrogen-bond donors (Lipinski definition) is 0. The van der Waals surface area contributed by atoms with Gasteiger partial charge in [0.05, 0.1) is 5.56 Å². The van der Waals surface area contributed by atoms with E-state index in [-0.39, 0.29) is 22.8 Å². The van der Waals surface area contributed by atoms with Gasteiger partial charge >= 0.3 is 5.97 Å². The molecule has 0 radical (unpaired) electrons. The number of thiophene rings is 1. The molecule has 1 aromatic heterocycles. The fraction of sp³-hybridized carbons (Fsp3) is 0.500. The van der Waals surface area contributed by atoms with Crippen LogP contribution in [0.15, 0.2) is 24.3 Å². The third-order valence-corrected chi connectivity index (χ3v) is 6.50. The minimum Gasteiger partial charge on any atom is -0.411 e. The number of esters is 1. The molecule has 2 aromatic rings. The summed E-state index contributed by atoms with van der Waals surface area (Å²) in [4.78, 5) is 12.7. The van der Waals surface area contributed by atoms with Crippen molar-refractivity contribution in [2.24, 2.45) is 5.92 Å². The zero-order chi connectivity index (χ0) is 21.0. The van der Waals surface area contributed by atoms with Crippen molar-refractivity contribution in [3.8, 4) is 5.06 Å². The van der Waals surface area contributed by atoms with E-state index in [1.54, 1.807) is 12.1 Å². The monoisotopic (exact) mass is 428 g/mol. The molecule has 0 amide bonds. The van der Waals surface area contributed by atoms with Gasteiger partial charge in [-0.25, -0.2) is 18.0 Å². The van der Waals surface area contributed by atoms with Gasteiger partial charge in [-0.2, -0.15) is 4.39 Å². The van der Waals surface area contributed by atoms with E-state index in [9.17, 15) is 22.4 Å². The van der Waals surface area contributed by atoms with Crippen LogP contribution >= 0.6 is 11.3 Å². The number of unbranched alkanes of at least 4 members (excludes halogenated alkanes) is 1. The molecule has 3 rings (SSSR count). The Morgan fingerprint density at radius 1 is 1.17 bits per heavy atom. The van der Waals surface area contributed by atoms with E-state index in [2.05, 4.69) is 6.92 Å². The van der Waals surface area contributed by atoms with Crippen LogP contribution in [-0.4, -0.2) is 5.97 Å². The van der Waals surface area contributed by atoms with E-state index in [0.717, 1.165) is 31.2 Å². The predicted octanol–water partition coefficient (Wildman–Crippen LogP) is 7.65. The standard InChI is InChI=1S/C22H24F4O2S/c1-2-3-6-13-9-11-14(12-10-13)15-7-4-5-8-16(15)21(27)28-22-17(19(24)25)18(23)20(26)29-22/h4-5,7-8,13-14,19H,2-3,6,9-12H2,1H3/t13-,14-. The van der Waals surface area contributed by atoms with E-state index in [0.29, 0.717) is 5.92 Å². The van der Waals surface area contributed by atoms with Gasteiger partial charge in [-0.05, 0) is 49.1 Å². The number of alkyl halides is 2. The molecule has 158 valence electrons. The maximum Gasteiger partial charge on any atom is 0.344 e. The SMILES string of the molecule is CCCC[C@H]1CC[C@H](c2ccccc2C(=O)Oc2sc(F)c(F)c2C(F)F)CC1. The molecule has 0 N–H and O–H groups in total. The molecule has 1 aromatic carbocycles. The van der Waals surface area contributed by atoms with Crippen LogP contribution in [0.5, 0.6) is 5.06 Å². The van der Waals surface area contributed by atoms with Gasteiger partial charge in [0.1, 0.15) is 5.56 Å². The van der Waals surface area contributed by atoms with Crippen molar-refractivity contribution in [2.45, 2.75) is 64.2 Å². The molecule has 2 nitrogen and oxygen atoms in total. The highest BCUT2D eigenvalue weighted by molar-refractivity contribution is 7.12. The van der Waals surface area contributed by atoms with Crippen LogP contribution in [0.4, 0.5) is 17.6 Å². The van der Waals surface area contributed by atoms with E-state index in [4.69, 9.17) is 4.74 Å². The summed E-state index contributed by atoms with van der Waals surface area (Å²) < 4.78 is 58.1. The van der Waals surface area contributed by atoms with Gasteiger partial charge in [-0.3, -0.25) is 0 Å². The number of hydrogen-bond acceptors (Lipinski definition) is 3. The molecule has 1 saturated carbocycles. The Bertz CT molecular complexity index is 841. The Kier molecular flexibility index (Phi) is 7.33. The normalized spacial score (nSPS) is 19.5. The zero-order valence-corrected chi connectivity index (χ0v) is 17.0. The molecule has 1 fully saturated rings.